The number of thiazole rings is 1. The van der Waals surface area contributed by atoms with Gasteiger partial charge in [0, 0.05) is 31.2 Å². The molecule has 0 saturated carbocycles. The van der Waals surface area contributed by atoms with E-state index in [0.717, 1.165) is 38.4 Å². The van der Waals surface area contributed by atoms with Crippen molar-refractivity contribution in [3.8, 4) is 0 Å². The maximum absolute atomic E-state index is 12.8. The third kappa shape index (κ3) is 4.63. The molecule has 0 bridgehead atoms. The predicted octanol–water partition coefficient (Wildman–Crippen LogP) is 2.61. The van der Waals surface area contributed by atoms with Crippen molar-refractivity contribution in [3.63, 3.8) is 0 Å². The minimum Gasteiger partial charge on any atom is -0.378 e. The Morgan fingerprint density at radius 3 is 2.81 bits per heavy atom. The van der Waals surface area contributed by atoms with Crippen LogP contribution in [0.3, 0.4) is 0 Å². The number of ether oxygens (including phenoxy) is 1. The van der Waals surface area contributed by atoms with E-state index in [4.69, 9.17) is 4.74 Å². The fourth-order valence-electron chi connectivity index (χ4n) is 3.55. The van der Waals surface area contributed by atoms with Gasteiger partial charge in [-0.15, -0.1) is 11.3 Å². The molecule has 0 radical (unpaired) electrons. The van der Waals surface area contributed by atoms with Crippen LogP contribution in [-0.2, 0) is 11.3 Å². The molecule has 0 unspecified atom stereocenters. The number of likely N-dealkylation sites (tertiary alicyclic amines) is 1. The predicted molar refractivity (Wildman–Crippen MR) is 106 cm³/mol. The lowest BCUT2D eigenvalue weighted by atomic mass is 10.1. The van der Waals surface area contributed by atoms with Gasteiger partial charge < -0.3 is 9.64 Å². The van der Waals surface area contributed by atoms with Crippen molar-refractivity contribution in [3.05, 3.63) is 35.0 Å². The van der Waals surface area contributed by atoms with E-state index in [1.54, 1.807) is 12.3 Å². The molecule has 0 aliphatic carbocycles. The van der Waals surface area contributed by atoms with E-state index in [1.165, 1.54) is 30.6 Å². The van der Waals surface area contributed by atoms with Crippen LogP contribution in [0.1, 0.15) is 35.3 Å². The molecule has 2 aromatic rings. The smallest absolute Gasteiger partial charge is 0.261 e. The molecule has 8 heteroatoms. The summed E-state index contributed by atoms with van der Waals surface area (Å²) in [6.07, 6.45) is 5.57. The summed E-state index contributed by atoms with van der Waals surface area (Å²) >= 11 is 1.48. The second-order valence-corrected chi connectivity index (χ2v) is 7.77. The third-order valence-electron chi connectivity index (χ3n) is 4.95. The molecule has 2 aliphatic heterocycles. The number of pyridine rings is 1. The van der Waals surface area contributed by atoms with E-state index < -0.39 is 0 Å². The van der Waals surface area contributed by atoms with E-state index in [9.17, 15) is 4.79 Å². The number of morpholine rings is 1. The Kier molecular flexibility index (Phi) is 5.96. The molecule has 1 amide bonds. The van der Waals surface area contributed by atoms with Crippen LogP contribution in [0.25, 0.3) is 0 Å². The maximum Gasteiger partial charge on any atom is 0.261 e. The van der Waals surface area contributed by atoms with Gasteiger partial charge in [-0.25, -0.2) is 9.97 Å². The molecular weight excluding hydrogens is 362 g/mol. The zero-order valence-corrected chi connectivity index (χ0v) is 16.2. The summed E-state index contributed by atoms with van der Waals surface area (Å²) in [5, 5.41) is 5.63. The van der Waals surface area contributed by atoms with Crippen LogP contribution < -0.4 is 10.2 Å². The van der Waals surface area contributed by atoms with Gasteiger partial charge in [0.15, 0.2) is 5.13 Å². The lowest BCUT2D eigenvalue weighted by Gasteiger charge is -2.29. The van der Waals surface area contributed by atoms with E-state index in [2.05, 4.69) is 25.1 Å². The normalized spacial score (nSPS) is 18.4. The SMILES string of the molecule is O=C(Nc1nc(CN2CCCCC2)cs1)c1cccnc1N1CCOCC1. The Hall–Kier alpha value is -2.03. The van der Waals surface area contributed by atoms with Crippen molar-refractivity contribution in [2.75, 3.05) is 49.6 Å². The van der Waals surface area contributed by atoms with Crippen molar-refractivity contribution >= 4 is 28.2 Å². The summed E-state index contributed by atoms with van der Waals surface area (Å²) in [6.45, 7) is 5.94. The molecule has 0 aromatic carbocycles. The standard InChI is InChI=1S/C19H25N5O2S/c25-18(16-5-4-6-20-17(16)24-9-11-26-12-10-24)22-19-21-15(14-27-19)13-23-7-2-1-3-8-23/h4-6,14H,1-3,7-13H2,(H,21,22,25). The van der Waals surface area contributed by atoms with Gasteiger partial charge in [0.05, 0.1) is 24.5 Å². The molecular formula is C19H25N5O2S. The molecule has 2 aliphatic rings. The Morgan fingerprint density at radius 1 is 1.19 bits per heavy atom. The Labute approximate surface area is 163 Å². The van der Waals surface area contributed by atoms with Crippen LogP contribution in [0.15, 0.2) is 23.7 Å². The first kappa shape index (κ1) is 18.3. The van der Waals surface area contributed by atoms with Crippen LogP contribution in [0.5, 0.6) is 0 Å². The Balaban J connectivity index is 1.42. The molecule has 2 saturated heterocycles. The first-order chi connectivity index (χ1) is 13.3. The van der Waals surface area contributed by atoms with Gasteiger partial charge in [0.25, 0.3) is 5.91 Å². The topological polar surface area (TPSA) is 70.6 Å². The molecule has 2 aromatic heterocycles. The highest BCUT2D eigenvalue weighted by atomic mass is 32.1. The lowest BCUT2D eigenvalue weighted by Crippen LogP contribution is -2.38. The minimum atomic E-state index is -0.163. The van der Waals surface area contributed by atoms with Crippen LogP contribution in [0.4, 0.5) is 10.9 Å². The number of amides is 1. The highest BCUT2D eigenvalue weighted by Gasteiger charge is 2.21. The van der Waals surface area contributed by atoms with Gasteiger partial charge in [-0.3, -0.25) is 15.0 Å². The highest BCUT2D eigenvalue weighted by Crippen LogP contribution is 2.22. The van der Waals surface area contributed by atoms with Crippen LogP contribution in [-0.4, -0.2) is 60.2 Å². The largest absolute Gasteiger partial charge is 0.378 e. The number of rotatable bonds is 5. The number of carbonyl (C=O) groups is 1. The third-order valence-corrected chi connectivity index (χ3v) is 5.75. The summed E-state index contributed by atoms with van der Waals surface area (Å²) in [5.41, 5.74) is 1.60. The second kappa shape index (κ2) is 8.77. The van der Waals surface area contributed by atoms with Crippen molar-refractivity contribution in [1.82, 2.24) is 14.9 Å². The maximum atomic E-state index is 12.8. The van der Waals surface area contributed by atoms with E-state index in [0.29, 0.717) is 29.7 Å². The Morgan fingerprint density at radius 2 is 2.00 bits per heavy atom. The van der Waals surface area contributed by atoms with Gasteiger partial charge in [-0.2, -0.15) is 0 Å². The molecule has 7 nitrogen and oxygen atoms in total. The number of carbonyl (C=O) groups excluding carboxylic acids is 1. The number of anilines is 2. The van der Waals surface area contributed by atoms with E-state index in [-0.39, 0.29) is 5.91 Å². The number of piperidine rings is 1. The fourth-order valence-corrected chi connectivity index (χ4v) is 4.25. The summed E-state index contributed by atoms with van der Waals surface area (Å²) in [4.78, 5) is 26.4. The zero-order valence-electron chi connectivity index (χ0n) is 15.4. The number of nitrogens with zero attached hydrogens (tertiary/aromatic N) is 4. The monoisotopic (exact) mass is 387 g/mol. The molecule has 2 fully saturated rings. The minimum absolute atomic E-state index is 0.163. The van der Waals surface area contributed by atoms with E-state index >= 15 is 0 Å². The van der Waals surface area contributed by atoms with Crippen LogP contribution in [0, 0.1) is 0 Å². The summed E-state index contributed by atoms with van der Waals surface area (Å²) in [6, 6.07) is 3.61. The van der Waals surface area contributed by atoms with Crippen LogP contribution in [0.2, 0.25) is 0 Å². The van der Waals surface area contributed by atoms with E-state index in [1.807, 2.05) is 11.4 Å². The average Bonchev–Trinajstić information content (AvgIpc) is 3.16. The van der Waals surface area contributed by atoms with Crippen molar-refractivity contribution in [2.24, 2.45) is 0 Å². The fraction of sp³-hybridized carbons (Fsp3) is 0.526. The van der Waals surface area contributed by atoms with Gasteiger partial charge in [-0.1, -0.05) is 6.42 Å². The van der Waals surface area contributed by atoms with Gasteiger partial charge in [0.2, 0.25) is 0 Å². The quantitative estimate of drug-likeness (QED) is 0.850. The molecule has 1 N–H and O–H groups in total. The number of nitrogens with one attached hydrogen (secondary N) is 1. The molecule has 0 atom stereocenters. The summed E-state index contributed by atoms with van der Waals surface area (Å²) in [5.74, 6) is 0.548. The van der Waals surface area contributed by atoms with Crippen molar-refractivity contribution in [1.29, 1.82) is 0 Å². The molecule has 0 spiro atoms. The lowest BCUT2D eigenvalue weighted by molar-refractivity contribution is 0.102. The first-order valence-electron chi connectivity index (χ1n) is 9.55. The van der Waals surface area contributed by atoms with Crippen molar-refractivity contribution < 1.29 is 9.53 Å². The highest BCUT2D eigenvalue weighted by molar-refractivity contribution is 7.14. The van der Waals surface area contributed by atoms with Gasteiger partial charge in [0.1, 0.15) is 5.82 Å². The zero-order chi connectivity index (χ0) is 18.5. The van der Waals surface area contributed by atoms with Gasteiger partial charge >= 0.3 is 0 Å². The molecule has 27 heavy (non-hydrogen) atoms. The first-order valence-corrected chi connectivity index (χ1v) is 10.4. The number of aromatic nitrogens is 2. The van der Waals surface area contributed by atoms with Gasteiger partial charge in [-0.05, 0) is 38.1 Å². The number of hydrogen-bond acceptors (Lipinski definition) is 7. The van der Waals surface area contributed by atoms with Crippen LogP contribution >= 0.6 is 11.3 Å². The Bertz CT molecular complexity index is 769. The summed E-state index contributed by atoms with van der Waals surface area (Å²) in [7, 11) is 0. The van der Waals surface area contributed by atoms with Crippen molar-refractivity contribution in [2.45, 2.75) is 25.8 Å². The number of hydrogen-bond donors (Lipinski definition) is 1. The average molecular weight is 388 g/mol. The second-order valence-electron chi connectivity index (χ2n) is 6.91. The molecule has 4 rings (SSSR count). The summed E-state index contributed by atoms with van der Waals surface area (Å²) < 4.78 is 5.40. The molecule has 144 valence electrons. The molecule has 4 heterocycles.